The third-order valence-electron chi connectivity index (χ3n) is 2.04. The van der Waals surface area contributed by atoms with Crippen molar-refractivity contribution in [1.82, 2.24) is 9.97 Å². The first-order valence-corrected chi connectivity index (χ1v) is 4.69. The average Bonchev–Trinajstić information content (AvgIpc) is 2.60. The number of rotatable bonds is 4. The number of nitrogens with one attached hydrogen (secondary N) is 1. The Hall–Kier alpha value is -2.02. The lowest BCUT2D eigenvalue weighted by Gasteiger charge is -1.96. The Morgan fingerprint density at radius 2 is 2.12 bits per heavy atom. The zero-order chi connectivity index (χ0) is 12.4. The van der Waals surface area contributed by atoms with Gasteiger partial charge in [-0.2, -0.15) is 0 Å². The normalized spacial score (nSPS) is 10.9. The molecule has 0 saturated heterocycles. The lowest BCUT2D eigenvalue weighted by atomic mass is 10.3. The second-order valence-corrected chi connectivity index (χ2v) is 3.35. The van der Waals surface area contributed by atoms with Crippen molar-refractivity contribution >= 4 is 17.0 Å². The van der Waals surface area contributed by atoms with Gasteiger partial charge in [0.2, 0.25) is 0 Å². The molecule has 0 aliphatic rings. The number of nitrogens with zero attached hydrogens (tertiary/aromatic N) is 1. The molecule has 0 spiro atoms. The van der Waals surface area contributed by atoms with Crippen LogP contribution in [0.1, 0.15) is 5.82 Å². The number of carbonyl (C=O) groups is 1. The summed E-state index contributed by atoms with van der Waals surface area (Å²) in [5, 5.41) is 8.35. The Morgan fingerprint density at radius 3 is 2.82 bits per heavy atom. The number of benzene rings is 1. The molecule has 2 aromatic rings. The largest absolute Gasteiger partial charge is 0.480 e. The van der Waals surface area contributed by atoms with E-state index in [0.29, 0.717) is 11.3 Å². The Bertz CT molecular complexity index is 529. The number of H-pyrrole nitrogens is 1. The number of hydrogen-bond acceptors (Lipinski definition) is 3. The topological polar surface area (TPSA) is 75.2 Å². The van der Waals surface area contributed by atoms with E-state index in [0.717, 1.165) is 12.1 Å². The van der Waals surface area contributed by atoms with Gasteiger partial charge >= 0.3 is 5.97 Å². The number of aromatic amines is 1. The van der Waals surface area contributed by atoms with E-state index in [1.54, 1.807) is 0 Å². The van der Waals surface area contributed by atoms with Crippen LogP contribution in [0, 0.1) is 11.6 Å². The fraction of sp³-hybridized carbons (Fsp3) is 0.200. The highest BCUT2D eigenvalue weighted by molar-refractivity contribution is 5.75. The zero-order valence-electron chi connectivity index (χ0n) is 8.54. The highest BCUT2D eigenvalue weighted by Crippen LogP contribution is 2.16. The van der Waals surface area contributed by atoms with E-state index < -0.39 is 24.2 Å². The lowest BCUT2D eigenvalue weighted by molar-refractivity contribution is -0.142. The number of carboxylic acid groups (broad SMARTS) is 1. The highest BCUT2D eigenvalue weighted by atomic mass is 19.2. The number of ether oxygens (including phenoxy) is 1. The summed E-state index contributed by atoms with van der Waals surface area (Å²) >= 11 is 0. The van der Waals surface area contributed by atoms with E-state index in [-0.39, 0.29) is 12.1 Å². The van der Waals surface area contributed by atoms with E-state index in [1.807, 2.05) is 0 Å². The van der Waals surface area contributed by atoms with Crippen LogP contribution in [0.25, 0.3) is 11.0 Å². The van der Waals surface area contributed by atoms with Gasteiger partial charge in [0.1, 0.15) is 19.0 Å². The van der Waals surface area contributed by atoms with E-state index in [9.17, 15) is 13.6 Å². The standard InChI is InChI=1S/C10H8F2N2O3/c11-5-1-7-8(2-6(5)12)14-9(13-7)3-17-4-10(15)16/h1-2H,3-4H2,(H,13,14)(H,15,16). The Labute approximate surface area is 94.0 Å². The maximum Gasteiger partial charge on any atom is 0.329 e. The van der Waals surface area contributed by atoms with Gasteiger partial charge in [0.15, 0.2) is 11.6 Å². The van der Waals surface area contributed by atoms with Gasteiger partial charge in [0, 0.05) is 12.1 Å². The zero-order valence-corrected chi connectivity index (χ0v) is 8.54. The van der Waals surface area contributed by atoms with Crippen LogP contribution >= 0.6 is 0 Å². The van der Waals surface area contributed by atoms with Crippen LogP contribution in [0.5, 0.6) is 0 Å². The van der Waals surface area contributed by atoms with Crippen LogP contribution in [-0.4, -0.2) is 27.7 Å². The Kier molecular flexibility index (Phi) is 3.01. The fourth-order valence-electron chi connectivity index (χ4n) is 1.36. The number of halogens is 2. The summed E-state index contributed by atoms with van der Waals surface area (Å²) in [5.41, 5.74) is 0.593. The molecule has 0 atom stereocenters. The number of fused-ring (bicyclic) bond motifs is 1. The van der Waals surface area contributed by atoms with Gasteiger partial charge in [-0.1, -0.05) is 0 Å². The maximum atomic E-state index is 12.9. The third-order valence-corrected chi connectivity index (χ3v) is 2.04. The number of hydrogen-bond donors (Lipinski definition) is 2. The van der Waals surface area contributed by atoms with Gasteiger partial charge in [0.25, 0.3) is 0 Å². The summed E-state index contributed by atoms with van der Waals surface area (Å²) in [6, 6.07) is 1.94. The Morgan fingerprint density at radius 1 is 1.41 bits per heavy atom. The molecule has 5 nitrogen and oxygen atoms in total. The van der Waals surface area contributed by atoms with E-state index in [4.69, 9.17) is 9.84 Å². The van der Waals surface area contributed by atoms with Gasteiger partial charge in [0.05, 0.1) is 11.0 Å². The van der Waals surface area contributed by atoms with Gasteiger partial charge < -0.3 is 14.8 Å². The number of imidazole rings is 1. The van der Waals surface area contributed by atoms with Crippen molar-refractivity contribution in [2.24, 2.45) is 0 Å². The number of aromatic nitrogens is 2. The minimum Gasteiger partial charge on any atom is -0.480 e. The summed E-state index contributed by atoms with van der Waals surface area (Å²) in [4.78, 5) is 16.8. The second kappa shape index (κ2) is 4.46. The fourth-order valence-corrected chi connectivity index (χ4v) is 1.36. The molecule has 1 heterocycles. The van der Waals surface area contributed by atoms with Crippen molar-refractivity contribution < 1.29 is 23.4 Å². The lowest BCUT2D eigenvalue weighted by Crippen LogP contribution is -2.07. The molecule has 0 amide bonds. The van der Waals surface area contributed by atoms with Crippen LogP contribution in [0.2, 0.25) is 0 Å². The van der Waals surface area contributed by atoms with Crippen molar-refractivity contribution in [2.45, 2.75) is 6.61 Å². The monoisotopic (exact) mass is 242 g/mol. The SMILES string of the molecule is O=C(O)COCc1nc2cc(F)c(F)cc2[nH]1. The first-order chi connectivity index (χ1) is 8.06. The molecule has 2 rings (SSSR count). The summed E-state index contributed by atoms with van der Waals surface area (Å²) in [6.07, 6.45) is 0. The van der Waals surface area contributed by atoms with Crippen molar-refractivity contribution in [2.75, 3.05) is 6.61 Å². The molecule has 0 aliphatic heterocycles. The molecule has 90 valence electrons. The molecule has 2 N–H and O–H groups in total. The van der Waals surface area contributed by atoms with Crippen LogP contribution in [-0.2, 0) is 16.1 Å². The average molecular weight is 242 g/mol. The number of carboxylic acids is 1. The maximum absolute atomic E-state index is 12.9. The summed E-state index contributed by atoms with van der Waals surface area (Å²) in [7, 11) is 0. The van der Waals surface area contributed by atoms with Crippen LogP contribution in [0.3, 0.4) is 0 Å². The molecule has 0 unspecified atom stereocenters. The first-order valence-electron chi connectivity index (χ1n) is 4.69. The molecule has 0 saturated carbocycles. The van der Waals surface area contributed by atoms with Gasteiger partial charge in [-0.3, -0.25) is 0 Å². The predicted octanol–water partition coefficient (Wildman–Crippen LogP) is 1.44. The van der Waals surface area contributed by atoms with E-state index >= 15 is 0 Å². The molecule has 0 radical (unpaired) electrons. The smallest absolute Gasteiger partial charge is 0.329 e. The summed E-state index contributed by atoms with van der Waals surface area (Å²) < 4.78 is 30.6. The van der Waals surface area contributed by atoms with E-state index in [1.165, 1.54) is 0 Å². The number of aliphatic carboxylic acids is 1. The van der Waals surface area contributed by atoms with Gasteiger partial charge in [-0.05, 0) is 0 Å². The van der Waals surface area contributed by atoms with Crippen LogP contribution in [0.15, 0.2) is 12.1 Å². The molecular formula is C10H8F2N2O3. The first kappa shape index (κ1) is 11.5. The van der Waals surface area contributed by atoms with Gasteiger partial charge in [-0.25, -0.2) is 18.6 Å². The van der Waals surface area contributed by atoms with Crippen molar-refractivity contribution in [1.29, 1.82) is 0 Å². The van der Waals surface area contributed by atoms with Crippen LogP contribution < -0.4 is 0 Å². The molecule has 0 bridgehead atoms. The quantitative estimate of drug-likeness (QED) is 0.850. The minimum atomic E-state index is -1.10. The van der Waals surface area contributed by atoms with Crippen molar-refractivity contribution in [3.63, 3.8) is 0 Å². The molecule has 1 aromatic heterocycles. The molecule has 17 heavy (non-hydrogen) atoms. The predicted molar refractivity (Wildman–Crippen MR) is 53.3 cm³/mol. The summed E-state index contributed by atoms with van der Waals surface area (Å²) in [5.74, 6) is -2.74. The third kappa shape index (κ3) is 2.56. The minimum absolute atomic E-state index is 0.0653. The second-order valence-electron chi connectivity index (χ2n) is 3.35. The highest BCUT2D eigenvalue weighted by Gasteiger charge is 2.09. The van der Waals surface area contributed by atoms with Crippen LogP contribution in [0.4, 0.5) is 8.78 Å². The molecule has 0 fully saturated rings. The molecular weight excluding hydrogens is 234 g/mol. The van der Waals surface area contributed by atoms with Crippen molar-refractivity contribution in [3.8, 4) is 0 Å². The molecule has 0 aliphatic carbocycles. The Balaban J connectivity index is 2.17. The summed E-state index contributed by atoms with van der Waals surface area (Å²) in [6.45, 7) is -0.524. The molecule has 7 heteroatoms. The van der Waals surface area contributed by atoms with Gasteiger partial charge in [-0.15, -0.1) is 0 Å². The van der Waals surface area contributed by atoms with Crippen molar-refractivity contribution in [3.05, 3.63) is 29.6 Å². The van der Waals surface area contributed by atoms with E-state index in [2.05, 4.69) is 9.97 Å². The molecule has 1 aromatic carbocycles.